The SMILES string of the molecule is COc1cccc(Sc2nnc(C)s2)c1C(C)N. The molecule has 1 heterocycles. The Labute approximate surface area is 115 Å². The van der Waals surface area contributed by atoms with Crippen molar-refractivity contribution >= 4 is 23.1 Å². The molecule has 0 fully saturated rings. The van der Waals surface area contributed by atoms with Gasteiger partial charge < -0.3 is 10.5 Å². The fourth-order valence-corrected chi connectivity index (χ4v) is 3.68. The quantitative estimate of drug-likeness (QED) is 0.933. The minimum Gasteiger partial charge on any atom is -0.496 e. The van der Waals surface area contributed by atoms with Crippen LogP contribution in [0.15, 0.2) is 27.4 Å². The second-order valence-electron chi connectivity index (χ2n) is 3.85. The van der Waals surface area contributed by atoms with Crippen molar-refractivity contribution in [3.05, 3.63) is 28.8 Å². The van der Waals surface area contributed by atoms with Crippen LogP contribution in [0, 0.1) is 6.92 Å². The largest absolute Gasteiger partial charge is 0.496 e. The molecule has 0 amide bonds. The zero-order valence-corrected chi connectivity index (χ0v) is 12.1. The molecule has 0 aliphatic rings. The third-order valence-corrected chi connectivity index (χ3v) is 4.37. The Hall–Kier alpha value is -1.11. The van der Waals surface area contributed by atoms with E-state index in [-0.39, 0.29) is 6.04 Å². The van der Waals surface area contributed by atoms with Crippen LogP contribution in [0.4, 0.5) is 0 Å². The Balaban J connectivity index is 2.37. The molecule has 18 heavy (non-hydrogen) atoms. The highest BCUT2D eigenvalue weighted by Crippen LogP contribution is 2.38. The van der Waals surface area contributed by atoms with E-state index in [4.69, 9.17) is 10.5 Å². The van der Waals surface area contributed by atoms with Crippen molar-refractivity contribution in [1.82, 2.24) is 10.2 Å². The van der Waals surface area contributed by atoms with Crippen LogP contribution in [-0.2, 0) is 0 Å². The third-order valence-electron chi connectivity index (χ3n) is 2.41. The molecule has 96 valence electrons. The van der Waals surface area contributed by atoms with Crippen molar-refractivity contribution in [2.75, 3.05) is 7.11 Å². The van der Waals surface area contributed by atoms with Crippen molar-refractivity contribution in [2.45, 2.75) is 29.1 Å². The summed E-state index contributed by atoms with van der Waals surface area (Å²) >= 11 is 3.15. The number of aromatic nitrogens is 2. The van der Waals surface area contributed by atoms with E-state index >= 15 is 0 Å². The minimum atomic E-state index is -0.0855. The number of methoxy groups -OCH3 is 1. The molecule has 6 heteroatoms. The first-order valence-corrected chi connectivity index (χ1v) is 7.15. The number of ether oxygens (including phenoxy) is 1. The Morgan fingerprint density at radius 1 is 1.39 bits per heavy atom. The van der Waals surface area contributed by atoms with Crippen LogP contribution in [0.25, 0.3) is 0 Å². The predicted molar refractivity (Wildman–Crippen MR) is 74.4 cm³/mol. The van der Waals surface area contributed by atoms with Gasteiger partial charge >= 0.3 is 0 Å². The Bertz CT molecular complexity index is 540. The Kier molecular flexibility index (Phi) is 4.21. The lowest BCUT2D eigenvalue weighted by Crippen LogP contribution is -2.08. The molecule has 0 bridgehead atoms. The second kappa shape index (κ2) is 5.69. The van der Waals surface area contributed by atoms with Crippen molar-refractivity contribution in [3.8, 4) is 5.75 Å². The first-order valence-electron chi connectivity index (χ1n) is 5.52. The maximum absolute atomic E-state index is 6.02. The molecule has 2 N–H and O–H groups in total. The van der Waals surface area contributed by atoms with Crippen LogP contribution in [0.2, 0.25) is 0 Å². The third kappa shape index (κ3) is 2.82. The second-order valence-corrected chi connectivity index (χ2v) is 6.32. The number of aryl methyl sites for hydroxylation is 1. The van der Waals surface area contributed by atoms with Crippen LogP contribution in [0.3, 0.4) is 0 Å². The summed E-state index contributed by atoms with van der Waals surface area (Å²) in [6.45, 7) is 3.90. The number of hydrogen-bond donors (Lipinski definition) is 1. The first-order chi connectivity index (χ1) is 8.61. The number of nitrogens with zero attached hydrogens (tertiary/aromatic N) is 2. The highest BCUT2D eigenvalue weighted by Gasteiger charge is 2.15. The Morgan fingerprint density at radius 3 is 2.72 bits per heavy atom. The van der Waals surface area contributed by atoms with Crippen molar-refractivity contribution in [2.24, 2.45) is 5.73 Å². The molecule has 1 unspecified atom stereocenters. The summed E-state index contributed by atoms with van der Waals surface area (Å²) in [7, 11) is 1.66. The fourth-order valence-electron chi connectivity index (χ4n) is 1.65. The molecule has 1 aromatic heterocycles. The molecule has 1 aromatic carbocycles. The molecule has 0 spiro atoms. The normalized spacial score (nSPS) is 12.4. The number of hydrogen-bond acceptors (Lipinski definition) is 6. The molecule has 4 nitrogen and oxygen atoms in total. The van der Waals surface area contributed by atoms with Gasteiger partial charge in [0, 0.05) is 16.5 Å². The number of benzene rings is 1. The van der Waals surface area contributed by atoms with Gasteiger partial charge in [0.1, 0.15) is 10.8 Å². The average Bonchev–Trinajstić information content (AvgIpc) is 2.74. The van der Waals surface area contributed by atoms with Gasteiger partial charge in [-0.15, -0.1) is 10.2 Å². The summed E-state index contributed by atoms with van der Waals surface area (Å²) in [6.07, 6.45) is 0. The van der Waals surface area contributed by atoms with Crippen LogP contribution in [-0.4, -0.2) is 17.3 Å². The van der Waals surface area contributed by atoms with Gasteiger partial charge in [0.2, 0.25) is 0 Å². The van der Waals surface area contributed by atoms with Gasteiger partial charge in [-0.3, -0.25) is 0 Å². The van der Waals surface area contributed by atoms with Crippen LogP contribution in [0.5, 0.6) is 5.75 Å². The fraction of sp³-hybridized carbons (Fsp3) is 0.333. The van der Waals surface area contributed by atoms with Crippen LogP contribution in [0.1, 0.15) is 23.5 Å². The summed E-state index contributed by atoms with van der Waals surface area (Å²) in [6, 6.07) is 5.83. The van der Waals surface area contributed by atoms with E-state index in [0.29, 0.717) is 0 Å². The minimum absolute atomic E-state index is 0.0855. The first kappa shape index (κ1) is 13.3. The predicted octanol–water partition coefficient (Wildman–Crippen LogP) is 3.03. The van der Waals surface area contributed by atoms with E-state index in [2.05, 4.69) is 10.2 Å². The van der Waals surface area contributed by atoms with E-state index in [1.165, 1.54) is 0 Å². The number of nitrogens with two attached hydrogens (primary N) is 1. The maximum Gasteiger partial charge on any atom is 0.179 e. The van der Waals surface area contributed by atoms with Gasteiger partial charge in [0.15, 0.2) is 4.34 Å². The van der Waals surface area contributed by atoms with Gasteiger partial charge in [-0.25, -0.2) is 0 Å². The van der Waals surface area contributed by atoms with Gasteiger partial charge in [0.05, 0.1) is 7.11 Å². The molecule has 0 radical (unpaired) electrons. The van der Waals surface area contributed by atoms with E-state index in [1.807, 2.05) is 32.0 Å². The topological polar surface area (TPSA) is 61.0 Å². The highest BCUT2D eigenvalue weighted by molar-refractivity contribution is 8.01. The molecule has 2 rings (SSSR count). The molecule has 2 aromatic rings. The smallest absolute Gasteiger partial charge is 0.179 e. The summed E-state index contributed by atoms with van der Waals surface area (Å²) in [5, 5.41) is 9.09. The lowest BCUT2D eigenvalue weighted by atomic mass is 10.1. The summed E-state index contributed by atoms with van der Waals surface area (Å²) in [5.41, 5.74) is 7.04. The zero-order valence-electron chi connectivity index (χ0n) is 10.5. The maximum atomic E-state index is 6.02. The van der Waals surface area contributed by atoms with Crippen molar-refractivity contribution < 1.29 is 4.74 Å². The Morgan fingerprint density at radius 2 is 2.17 bits per heavy atom. The van der Waals surface area contributed by atoms with E-state index in [1.54, 1.807) is 30.2 Å². The molecular formula is C12H15N3OS2. The summed E-state index contributed by atoms with van der Waals surface area (Å²) in [5.74, 6) is 0.816. The number of rotatable bonds is 4. The molecule has 0 aliphatic carbocycles. The molecule has 0 saturated carbocycles. The van der Waals surface area contributed by atoms with E-state index < -0.39 is 0 Å². The van der Waals surface area contributed by atoms with Gasteiger partial charge in [-0.1, -0.05) is 29.2 Å². The van der Waals surface area contributed by atoms with E-state index in [0.717, 1.165) is 25.6 Å². The summed E-state index contributed by atoms with van der Waals surface area (Å²) < 4.78 is 6.28. The van der Waals surface area contributed by atoms with Crippen molar-refractivity contribution in [3.63, 3.8) is 0 Å². The van der Waals surface area contributed by atoms with Crippen LogP contribution >= 0.6 is 23.1 Å². The van der Waals surface area contributed by atoms with E-state index in [9.17, 15) is 0 Å². The molecule has 0 aliphatic heterocycles. The lowest BCUT2D eigenvalue weighted by molar-refractivity contribution is 0.405. The van der Waals surface area contributed by atoms with Gasteiger partial charge in [0.25, 0.3) is 0 Å². The average molecular weight is 281 g/mol. The highest BCUT2D eigenvalue weighted by atomic mass is 32.2. The molecule has 1 atom stereocenters. The molecule has 0 saturated heterocycles. The zero-order chi connectivity index (χ0) is 13.1. The monoisotopic (exact) mass is 281 g/mol. The van der Waals surface area contributed by atoms with Crippen LogP contribution < -0.4 is 10.5 Å². The standard InChI is InChI=1S/C12H15N3OS2/c1-7(13)11-9(16-3)5-4-6-10(11)18-12-15-14-8(2)17-12/h4-7H,13H2,1-3H3. The molecular weight excluding hydrogens is 266 g/mol. The van der Waals surface area contributed by atoms with Gasteiger partial charge in [-0.05, 0) is 26.0 Å². The summed E-state index contributed by atoms with van der Waals surface area (Å²) in [4.78, 5) is 1.07. The van der Waals surface area contributed by atoms with Crippen molar-refractivity contribution in [1.29, 1.82) is 0 Å². The lowest BCUT2D eigenvalue weighted by Gasteiger charge is -2.15. The van der Waals surface area contributed by atoms with Gasteiger partial charge in [-0.2, -0.15) is 0 Å².